The maximum atomic E-state index is 14.5. The van der Waals surface area contributed by atoms with Crippen LogP contribution in [-0.4, -0.2) is 93.3 Å². The summed E-state index contributed by atoms with van der Waals surface area (Å²) in [6, 6.07) is 35.5. The van der Waals surface area contributed by atoms with Crippen LogP contribution in [0.3, 0.4) is 0 Å². The van der Waals surface area contributed by atoms with Crippen LogP contribution in [0.4, 0.5) is 4.79 Å². The van der Waals surface area contributed by atoms with Crippen LogP contribution in [0, 0.1) is 11.3 Å². The number of alkyl carbamates (subject to hydrolysis) is 1. The average Bonchev–Trinajstić information content (AvgIpc) is 3.83. The standard InChI is InChI=1S/C44H55N3O8S/c1-44(2,24-25-46(28-34-15-9-5-10-16-34)29-35-17-11-6-12-18-35)32-47(56(50,51)37-21-19-36(52-3)20-22-37)30-40(48)39(27-33-13-7-4-8-14-33)45-43(49)55-41-31-54-42-38(41)23-26-53-42/h4-22,38-42,48H,23-32H2,1-3H3,(H,45,49)/t38-,39+,40+,41-,42+/m1/s1. The van der Waals surface area contributed by atoms with E-state index in [0.29, 0.717) is 25.3 Å². The lowest BCUT2D eigenvalue weighted by molar-refractivity contribution is -0.0907. The Kier molecular flexibility index (Phi) is 14.2. The molecule has 300 valence electrons. The molecule has 2 N–H and O–H groups in total. The minimum Gasteiger partial charge on any atom is -0.497 e. The van der Waals surface area contributed by atoms with Gasteiger partial charge in [-0.3, -0.25) is 4.90 Å². The van der Waals surface area contributed by atoms with E-state index in [9.17, 15) is 18.3 Å². The molecule has 5 atom stereocenters. The van der Waals surface area contributed by atoms with Crippen molar-refractivity contribution in [2.75, 3.05) is 40.0 Å². The van der Waals surface area contributed by atoms with Gasteiger partial charge in [-0.05, 0) is 72.2 Å². The number of methoxy groups -OCH3 is 1. The third-order valence-corrected chi connectivity index (χ3v) is 12.4. The van der Waals surface area contributed by atoms with E-state index in [1.54, 1.807) is 12.1 Å². The van der Waals surface area contributed by atoms with Crippen molar-refractivity contribution < 1.29 is 37.3 Å². The molecule has 12 heteroatoms. The van der Waals surface area contributed by atoms with Gasteiger partial charge in [0.15, 0.2) is 6.29 Å². The molecule has 2 heterocycles. The van der Waals surface area contributed by atoms with Crippen LogP contribution in [0.15, 0.2) is 120 Å². The summed E-state index contributed by atoms with van der Waals surface area (Å²) in [4.78, 5) is 15.9. The molecule has 0 aliphatic carbocycles. The Morgan fingerprint density at radius 1 is 0.875 bits per heavy atom. The fourth-order valence-corrected chi connectivity index (χ4v) is 9.06. The molecule has 2 aliphatic heterocycles. The normalized spacial score (nSPS) is 19.4. The lowest BCUT2D eigenvalue weighted by atomic mass is 9.88. The molecule has 2 saturated heterocycles. The topological polar surface area (TPSA) is 127 Å². The number of ether oxygens (including phenoxy) is 4. The van der Waals surface area contributed by atoms with Gasteiger partial charge in [-0.2, -0.15) is 4.31 Å². The van der Waals surface area contributed by atoms with E-state index >= 15 is 0 Å². The maximum Gasteiger partial charge on any atom is 0.407 e. The summed E-state index contributed by atoms with van der Waals surface area (Å²) in [6.45, 7) is 6.92. The molecule has 0 aromatic heterocycles. The minimum atomic E-state index is -4.12. The van der Waals surface area contributed by atoms with Crippen LogP contribution in [0.25, 0.3) is 0 Å². The third kappa shape index (κ3) is 11.4. The van der Waals surface area contributed by atoms with Gasteiger partial charge >= 0.3 is 6.09 Å². The van der Waals surface area contributed by atoms with Gasteiger partial charge in [-0.15, -0.1) is 0 Å². The predicted molar refractivity (Wildman–Crippen MR) is 214 cm³/mol. The molecule has 6 rings (SSSR count). The van der Waals surface area contributed by atoms with Crippen molar-refractivity contribution >= 4 is 16.1 Å². The fourth-order valence-electron chi connectivity index (χ4n) is 7.42. The van der Waals surface area contributed by atoms with Crippen LogP contribution in [-0.2, 0) is 43.7 Å². The van der Waals surface area contributed by atoms with Gasteiger partial charge in [0.25, 0.3) is 0 Å². The molecule has 2 fully saturated rings. The van der Waals surface area contributed by atoms with E-state index < -0.39 is 39.8 Å². The van der Waals surface area contributed by atoms with Crippen LogP contribution < -0.4 is 10.1 Å². The second-order valence-electron chi connectivity index (χ2n) is 15.5. The number of amides is 1. The Morgan fingerprint density at radius 3 is 2.05 bits per heavy atom. The second kappa shape index (κ2) is 19.2. The molecule has 1 amide bonds. The molecule has 11 nitrogen and oxygen atoms in total. The smallest absolute Gasteiger partial charge is 0.407 e. The zero-order valence-electron chi connectivity index (χ0n) is 32.5. The molecular formula is C44H55N3O8S. The van der Waals surface area contributed by atoms with Gasteiger partial charge < -0.3 is 29.4 Å². The number of nitrogens with one attached hydrogen (secondary N) is 1. The number of benzene rings is 4. The molecule has 0 saturated carbocycles. The van der Waals surface area contributed by atoms with Crippen LogP contribution >= 0.6 is 0 Å². The number of carbonyl (C=O) groups excluding carboxylic acids is 1. The van der Waals surface area contributed by atoms with Crippen molar-refractivity contribution in [3.8, 4) is 5.75 Å². The quantitative estimate of drug-likeness (QED) is 0.113. The minimum absolute atomic E-state index is 0.0538. The van der Waals surface area contributed by atoms with Gasteiger partial charge in [0.05, 0.1) is 43.3 Å². The predicted octanol–water partition coefficient (Wildman–Crippen LogP) is 6.26. The van der Waals surface area contributed by atoms with Gasteiger partial charge in [-0.25, -0.2) is 13.2 Å². The van der Waals surface area contributed by atoms with Gasteiger partial charge in [0.1, 0.15) is 11.9 Å². The molecule has 0 unspecified atom stereocenters. The van der Waals surface area contributed by atoms with Crippen molar-refractivity contribution in [1.29, 1.82) is 0 Å². The summed E-state index contributed by atoms with van der Waals surface area (Å²) in [5.74, 6) is 0.475. The molecule has 0 spiro atoms. The van der Waals surface area contributed by atoms with Crippen LogP contribution in [0.2, 0.25) is 0 Å². The summed E-state index contributed by atoms with van der Waals surface area (Å²) in [5.41, 5.74) is 2.74. The highest BCUT2D eigenvalue weighted by molar-refractivity contribution is 7.89. The molecule has 4 aromatic rings. The van der Waals surface area contributed by atoms with E-state index in [0.717, 1.165) is 25.1 Å². The Hall–Kier alpha value is -4.30. The van der Waals surface area contributed by atoms with Crippen molar-refractivity contribution in [1.82, 2.24) is 14.5 Å². The van der Waals surface area contributed by atoms with E-state index in [-0.39, 0.29) is 43.2 Å². The van der Waals surface area contributed by atoms with Gasteiger partial charge in [0, 0.05) is 26.2 Å². The summed E-state index contributed by atoms with van der Waals surface area (Å²) in [6.07, 6.45) is -1.21. The number of aliphatic hydroxyl groups excluding tert-OH is 1. The van der Waals surface area contributed by atoms with Crippen molar-refractivity contribution in [3.63, 3.8) is 0 Å². The Labute approximate surface area is 331 Å². The Bertz CT molecular complexity index is 1870. The SMILES string of the molecule is COc1ccc(S(=O)(=O)N(C[C@H](O)[C@H](Cc2ccccc2)NC(=O)O[C@@H]2CO[C@@H]3OCC[C@@H]32)CC(C)(C)CCN(Cc2ccccc2)Cc2ccccc2)cc1. The lowest BCUT2D eigenvalue weighted by Gasteiger charge is -2.36. The highest BCUT2D eigenvalue weighted by Gasteiger charge is 2.44. The Balaban J connectivity index is 1.22. The number of sulfonamides is 1. The number of hydrogen-bond donors (Lipinski definition) is 2. The highest BCUT2D eigenvalue weighted by Crippen LogP contribution is 2.33. The van der Waals surface area contributed by atoms with E-state index in [2.05, 4.69) is 48.3 Å². The average molecular weight is 786 g/mol. The number of nitrogens with zero attached hydrogens (tertiary/aromatic N) is 2. The van der Waals surface area contributed by atoms with Crippen molar-refractivity contribution in [2.45, 2.75) is 75.6 Å². The number of fused-ring (bicyclic) bond motifs is 1. The van der Waals surface area contributed by atoms with Crippen LogP contribution in [0.5, 0.6) is 5.75 Å². The molecule has 56 heavy (non-hydrogen) atoms. The summed E-state index contributed by atoms with van der Waals surface area (Å²) >= 11 is 0. The first-order chi connectivity index (χ1) is 27.0. The van der Waals surface area contributed by atoms with Gasteiger partial charge in [0.2, 0.25) is 10.0 Å². The molecule has 0 bridgehead atoms. The first-order valence-electron chi connectivity index (χ1n) is 19.4. The second-order valence-corrected chi connectivity index (χ2v) is 17.5. The van der Waals surface area contributed by atoms with E-state index in [1.165, 1.54) is 34.7 Å². The number of carbonyl (C=O) groups is 1. The third-order valence-electron chi connectivity index (χ3n) is 10.6. The number of rotatable bonds is 19. The monoisotopic (exact) mass is 785 g/mol. The largest absolute Gasteiger partial charge is 0.497 e. The summed E-state index contributed by atoms with van der Waals surface area (Å²) < 4.78 is 52.8. The zero-order chi connectivity index (χ0) is 39.5. The summed E-state index contributed by atoms with van der Waals surface area (Å²) in [5, 5.41) is 14.9. The highest BCUT2D eigenvalue weighted by atomic mass is 32.2. The number of aliphatic hydroxyl groups is 1. The molecular weight excluding hydrogens is 731 g/mol. The maximum absolute atomic E-state index is 14.5. The first kappa shape index (κ1) is 41.3. The van der Waals surface area contributed by atoms with E-state index in [1.807, 2.05) is 66.7 Å². The summed E-state index contributed by atoms with van der Waals surface area (Å²) in [7, 11) is -2.60. The van der Waals surface area contributed by atoms with E-state index in [4.69, 9.17) is 18.9 Å². The number of hydrogen-bond acceptors (Lipinski definition) is 9. The van der Waals surface area contributed by atoms with Crippen molar-refractivity contribution in [2.24, 2.45) is 11.3 Å². The molecule has 2 aliphatic rings. The fraction of sp³-hybridized carbons (Fsp3) is 0.432. The molecule has 4 aromatic carbocycles. The van der Waals surface area contributed by atoms with Crippen LogP contribution in [0.1, 0.15) is 43.4 Å². The van der Waals surface area contributed by atoms with Gasteiger partial charge in [-0.1, -0.05) is 105 Å². The van der Waals surface area contributed by atoms with Crippen molar-refractivity contribution in [3.05, 3.63) is 132 Å². The first-order valence-corrected chi connectivity index (χ1v) is 20.8. The molecule has 0 radical (unpaired) electrons. The zero-order valence-corrected chi connectivity index (χ0v) is 33.4. The Morgan fingerprint density at radius 2 is 1.46 bits per heavy atom. The lowest BCUT2D eigenvalue weighted by Crippen LogP contribution is -2.52.